The van der Waals surface area contributed by atoms with E-state index >= 15 is 0 Å². The SMILES string of the molecule is CCCCC/C=C\C/C=C\CCCCCCCCCC(=O)NC(CS(=O)(=O)O)C(O)/C=C/CC/C=C/CCCCCCCCC. The van der Waals surface area contributed by atoms with Gasteiger partial charge in [0.15, 0.2) is 0 Å². The molecule has 0 aromatic heterocycles. The molecule has 0 aromatic carbocycles. The van der Waals surface area contributed by atoms with Crippen LogP contribution in [-0.4, -0.2) is 41.9 Å². The number of hydrogen-bond donors (Lipinski definition) is 3. The third kappa shape index (κ3) is 33.5. The number of hydrogen-bond acceptors (Lipinski definition) is 4. The topological polar surface area (TPSA) is 104 Å². The number of aliphatic hydroxyl groups excluding tert-OH is 1. The Hall–Kier alpha value is -1.70. The van der Waals surface area contributed by atoms with Crippen LogP contribution >= 0.6 is 0 Å². The molecule has 2 unspecified atom stereocenters. The maximum Gasteiger partial charge on any atom is 0.267 e. The molecule has 0 spiro atoms. The fourth-order valence-corrected chi connectivity index (χ4v) is 5.93. The lowest BCUT2D eigenvalue weighted by atomic mass is 10.1. The Morgan fingerprint density at radius 2 is 1.02 bits per heavy atom. The summed E-state index contributed by atoms with van der Waals surface area (Å²) in [4.78, 5) is 12.5. The summed E-state index contributed by atoms with van der Waals surface area (Å²) in [6.45, 7) is 4.47. The number of rotatable bonds is 32. The number of carbonyl (C=O) groups is 1. The second-order valence-corrected chi connectivity index (χ2v) is 14.0. The van der Waals surface area contributed by atoms with Crippen molar-refractivity contribution < 1.29 is 22.9 Å². The summed E-state index contributed by atoms with van der Waals surface area (Å²) >= 11 is 0. The number of allylic oxidation sites excluding steroid dienone is 7. The van der Waals surface area contributed by atoms with Crippen molar-refractivity contribution in [3.8, 4) is 0 Å². The lowest BCUT2D eigenvalue weighted by molar-refractivity contribution is -0.122. The van der Waals surface area contributed by atoms with E-state index in [9.17, 15) is 22.9 Å². The van der Waals surface area contributed by atoms with Crippen molar-refractivity contribution >= 4 is 16.0 Å². The van der Waals surface area contributed by atoms with Crippen molar-refractivity contribution in [2.45, 2.75) is 180 Å². The average Bonchev–Trinajstić information content (AvgIpc) is 3.00. The van der Waals surface area contributed by atoms with Crippen LogP contribution in [0.1, 0.15) is 168 Å². The highest BCUT2D eigenvalue weighted by Gasteiger charge is 2.24. The fraction of sp³-hybridized carbons (Fsp3) is 0.763. The third-order valence-electron chi connectivity index (χ3n) is 7.98. The van der Waals surface area contributed by atoms with Gasteiger partial charge in [-0.3, -0.25) is 9.35 Å². The molecule has 262 valence electrons. The monoisotopic (exact) mass is 651 g/mol. The minimum atomic E-state index is -4.35. The standard InChI is InChI=1S/C38H69NO5S/c1-3-5-7-9-11-13-15-17-18-19-20-22-24-26-28-30-32-34-38(41)39-36(35-45(42,43)44)37(40)33-31-29-27-25-23-21-16-14-12-10-8-6-4-2/h11,13,17-18,23,25,31,33,36-37,40H,3-10,12,14-16,19-22,24,26-30,32,34-35H2,1-2H3,(H,39,41)(H,42,43,44)/b13-11-,18-17-,25-23+,33-31+. The first kappa shape index (κ1) is 43.3. The summed E-state index contributed by atoms with van der Waals surface area (Å²) < 4.78 is 32.3. The van der Waals surface area contributed by atoms with Crippen molar-refractivity contribution in [3.05, 3.63) is 48.6 Å². The molecule has 0 fully saturated rings. The van der Waals surface area contributed by atoms with Gasteiger partial charge >= 0.3 is 0 Å². The van der Waals surface area contributed by atoms with Crippen LogP contribution in [0.4, 0.5) is 0 Å². The maximum absolute atomic E-state index is 12.5. The Bertz CT molecular complexity index is 894. The zero-order valence-corrected chi connectivity index (χ0v) is 29.8. The van der Waals surface area contributed by atoms with Crippen LogP contribution in [0.25, 0.3) is 0 Å². The van der Waals surface area contributed by atoms with Gasteiger partial charge in [0, 0.05) is 6.42 Å². The molecule has 0 heterocycles. The molecule has 0 aliphatic heterocycles. The zero-order valence-electron chi connectivity index (χ0n) is 29.0. The van der Waals surface area contributed by atoms with E-state index in [1.165, 1.54) is 96.0 Å². The average molecular weight is 652 g/mol. The van der Waals surface area contributed by atoms with E-state index in [2.05, 4.69) is 55.6 Å². The van der Waals surface area contributed by atoms with E-state index in [1.54, 1.807) is 6.08 Å². The van der Waals surface area contributed by atoms with Crippen LogP contribution in [0.5, 0.6) is 0 Å². The number of aliphatic hydroxyl groups is 1. The molecular weight excluding hydrogens is 582 g/mol. The zero-order chi connectivity index (χ0) is 33.3. The predicted octanol–water partition coefficient (Wildman–Crippen LogP) is 10.3. The summed E-state index contributed by atoms with van der Waals surface area (Å²) in [7, 11) is -4.35. The molecule has 0 saturated heterocycles. The van der Waals surface area contributed by atoms with Gasteiger partial charge in [-0.1, -0.05) is 146 Å². The maximum atomic E-state index is 12.5. The largest absolute Gasteiger partial charge is 0.387 e. The van der Waals surface area contributed by atoms with E-state index in [0.717, 1.165) is 51.4 Å². The number of carbonyl (C=O) groups excluding carboxylic acids is 1. The fourth-order valence-electron chi connectivity index (χ4n) is 5.20. The molecule has 0 aromatic rings. The molecule has 2 atom stereocenters. The van der Waals surface area contributed by atoms with Crippen LogP contribution in [0.3, 0.4) is 0 Å². The van der Waals surface area contributed by atoms with Gasteiger partial charge in [0.05, 0.1) is 17.9 Å². The molecule has 45 heavy (non-hydrogen) atoms. The first-order valence-electron chi connectivity index (χ1n) is 18.3. The molecule has 7 heteroatoms. The van der Waals surface area contributed by atoms with Gasteiger partial charge in [-0.25, -0.2) is 0 Å². The molecule has 0 aliphatic carbocycles. The molecule has 1 amide bonds. The van der Waals surface area contributed by atoms with Crippen LogP contribution < -0.4 is 5.32 Å². The van der Waals surface area contributed by atoms with Crippen molar-refractivity contribution in [2.24, 2.45) is 0 Å². The summed E-state index contributed by atoms with van der Waals surface area (Å²) in [6.07, 6.45) is 42.3. The van der Waals surface area contributed by atoms with Gasteiger partial charge in [-0.15, -0.1) is 0 Å². The van der Waals surface area contributed by atoms with Crippen molar-refractivity contribution in [2.75, 3.05) is 5.75 Å². The molecule has 0 aliphatic rings. The quantitative estimate of drug-likeness (QED) is 0.0381. The van der Waals surface area contributed by atoms with Crippen molar-refractivity contribution in [1.82, 2.24) is 5.32 Å². The number of unbranched alkanes of at least 4 members (excludes halogenated alkanes) is 18. The number of nitrogens with one attached hydrogen (secondary N) is 1. The highest BCUT2D eigenvalue weighted by molar-refractivity contribution is 7.85. The van der Waals surface area contributed by atoms with E-state index in [-0.39, 0.29) is 12.3 Å². The van der Waals surface area contributed by atoms with Gasteiger partial charge < -0.3 is 10.4 Å². The lowest BCUT2D eigenvalue weighted by Gasteiger charge is -2.21. The Labute approximate surface area is 278 Å². The predicted molar refractivity (Wildman–Crippen MR) is 193 cm³/mol. The highest BCUT2D eigenvalue weighted by atomic mass is 32.2. The second kappa shape index (κ2) is 32.2. The molecule has 6 nitrogen and oxygen atoms in total. The van der Waals surface area contributed by atoms with Crippen molar-refractivity contribution in [1.29, 1.82) is 0 Å². The van der Waals surface area contributed by atoms with E-state index in [1.807, 2.05) is 0 Å². The Morgan fingerprint density at radius 1 is 0.600 bits per heavy atom. The first-order chi connectivity index (χ1) is 21.8. The Balaban J connectivity index is 4.05. The minimum absolute atomic E-state index is 0.278. The Kier molecular flexibility index (Phi) is 31.0. The van der Waals surface area contributed by atoms with Crippen molar-refractivity contribution in [3.63, 3.8) is 0 Å². The normalized spacial score (nSPS) is 14.0. The van der Waals surface area contributed by atoms with Gasteiger partial charge in [0.2, 0.25) is 5.91 Å². The van der Waals surface area contributed by atoms with Crippen LogP contribution in [0.2, 0.25) is 0 Å². The highest BCUT2D eigenvalue weighted by Crippen LogP contribution is 2.12. The van der Waals surface area contributed by atoms with E-state index < -0.39 is 28.0 Å². The molecule has 0 saturated carbocycles. The van der Waals surface area contributed by atoms with Crippen LogP contribution in [-0.2, 0) is 14.9 Å². The number of amides is 1. The smallest absolute Gasteiger partial charge is 0.267 e. The van der Waals surface area contributed by atoms with Gasteiger partial charge in [0.25, 0.3) is 10.1 Å². The first-order valence-corrected chi connectivity index (χ1v) is 19.9. The molecule has 0 radical (unpaired) electrons. The van der Waals surface area contributed by atoms with Gasteiger partial charge in [0.1, 0.15) is 0 Å². The van der Waals surface area contributed by atoms with Crippen LogP contribution in [0.15, 0.2) is 48.6 Å². The second-order valence-electron chi connectivity index (χ2n) is 12.5. The minimum Gasteiger partial charge on any atom is -0.387 e. The van der Waals surface area contributed by atoms with Crippen LogP contribution in [0, 0.1) is 0 Å². The summed E-state index contributed by atoms with van der Waals surface area (Å²) in [5.74, 6) is -1.01. The molecular formula is C38H69NO5S. The van der Waals surface area contributed by atoms with Gasteiger partial charge in [-0.05, 0) is 64.2 Å². The van der Waals surface area contributed by atoms with Gasteiger partial charge in [-0.2, -0.15) is 8.42 Å². The summed E-state index contributed by atoms with van der Waals surface area (Å²) in [5.41, 5.74) is 0. The molecule has 0 rings (SSSR count). The Morgan fingerprint density at radius 3 is 1.58 bits per heavy atom. The third-order valence-corrected chi connectivity index (χ3v) is 8.76. The molecule has 0 bridgehead atoms. The van der Waals surface area contributed by atoms with E-state index in [0.29, 0.717) is 6.42 Å². The van der Waals surface area contributed by atoms with E-state index in [4.69, 9.17) is 0 Å². The lowest BCUT2D eigenvalue weighted by Crippen LogP contribution is -2.46. The summed E-state index contributed by atoms with van der Waals surface area (Å²) in [5, 5.41) is 13.1. The summed E-state index contributed by atoms with van der Waals surface area (Å²) in [6, 6.07) is -1.08. The molecule has 3 N–H and O–H groups in total.